The number of likely N-dealkylation sites (N-methyl/N-ethyl adjacent to an activating group) is 1. The molecule has 0 aromatic rings. The van der Waals surface area contributed by atoms with E-state index in [2.05, 4.69) is 0 Å². The van der Waals surface area contributed by atoms with E-state index in [4.69, 9.17) is 14.7 Å². The SMILES string of the molecule is CN1O[C@H]2CO[C@H]([C@H](O)[C@H](O)CO)[C@H](O)[C@@H]1C2. The van der Waals surface area contributed by atoms with E-state index in [1.165, 1.54) is 0 Å². The van der Waals surface area contributed by atoms with Gasteiger partial charge in [0.25, 0.3) is 0 Å². The van der Waals surface area contributed by atoms with Gasteiger partial charge in [0.05, 0.1) is 19.3 Å². The molecule has 0 aliphatic carbocycles. The number of hydroxylamine groups is 2. The minimum Gasteiger partial charge on any atom is -0.394 e. The molecular formula is C10H19NO6. The van der Waals surface area contributed by atoms with Gasteiger partial charge in [-0.1, -0.05) is 0 Å². The van der Waals surface area contributed by atoms with Crippen molar-refractivity contribution >= 4 is 0 Å². The second-order valence-corrected chi connectivity index (χ2v) is 4.61. The molecule has 2 saturated heterocycles. The summed E-state index contributed by atoms with van der Waals surface area (Å²) in [5.41, 5.74) is 0. The molecule has 100 valence electrons. The zero-order valence-corrected chi connectivity index (χ0v) is 9.64. The van der Waals surface area contributed by atoms with Gasteiger partial charge in [-0.05, 0) is 6.42 Å². The summed E-state index contributed by atoms with van der Waals surface area (Å²) >= 11 is 0. The third-order valence-electron chi connectivity index (χ3n) is 3.41. The molecule has 2 fully saturated rings. The van der Waals surface area contributed by atoms with Crippen molar-refractivity contribution in [2.75, 3.05) is 20.3 Å². The molecule has 2 heterocycles. The van der Waals surface area contributed by atoms with Crippen molar-refractivity contribution in [3.8, 4) is 0 Å². The lowest BCUT2D eigenvalue weighted by atomic mass is 9.96. The van der Waals surface area contributed by atoms with Gasteiger partial charge in [0.1, 0.15) is 30.5 Å². The summed E-state index contributed by atoms with van der Waals surface area (Å²) in [5.74, 6) is 0. The first-order valence-electron chi connectivity index (χ1n) is 5.71. The highest BCUT2D eigenvalue weighted by atomic mass is 16.7. The highest BCUT2D eigenvalue weighted by Crippen LogP contribution is 2.29. The average molecular weight is 249 g/mol. The Bertz CT molecular complexity index is 265. The highest BCUT2D eigenvalue weighted by Gasteiger charge is 2.46. The van der Waals surface area contributed by atoms with Gasteiger partial charge in [0.15, 0.2) is 0 Å². The normalized spacial score (nSPS) is 42.2. The first kappa shape index (κ1) is 13.2. The Hall–Kier alpha value is -0.280. The molecule has 0 aromatic heterocycles. The van der Waals surface area contributed by atoms with Crippen LogP contribution in [0.3, 0.4) is 0 Å². The van der Waals surface area contributed by atoms with Gasteiger partial charge >= 0.3 is 0 Å². The number of ether oxygens (including phenoxy) is 1. The Balaban J connectivity index is 2.08. The topological polar surface area (TPSA) is 103 Å². The number of aliphatic hydroxyl groups is 4. The lowest BCUT2D eigenvalue weighted by Gasteiger charge is -2.34. The first-order chi connectivity index (χ1) is 8.04. The van der Waals surface area contributed by atoms with E-state index in [9.17, 15) is 15.3 Å². The molecule has 0 radical (unpaired) electrons. The molecule has 7 nitrogen and oxygen atoms in total. The molecule has 2 aliphatic heterocycles. The number of aliphatic hydroxyl groups excluding tert-OH is 4. The lowest BCUT2D eigenvalue weighted by Crippen LogP contribution is -2.53. The second-order valence-electron chi connectivity index (χ2n) is 4.61. The predicted molar refractivity (Wildman–Crippen MR) is 55.9 cm³/mol. The highest BCUT2D eigenvalue weighted by molar-refractivity contribution is 4.94. The quantitative estimate of drug-likeness (QED) is 0.437. The fourth-order valence-corrected chi connectivity index (χ4v) is 2.39. The molecule has 2 bridgehead atoms. The largest absolute Gasteiger partial charge is 0.394 e. The average Bonchev–Trinajstić information content (AvgIpc) is 2.60. The van der Waals surface area contributed by atoms with Crippen LogP contribution in [0.15, 0.2) is 0 Å². The number of hydrogen-bond acceptors (Lipinski definition) is 7. The molecule has 2 aliphatic rings. The van der Waals surface area contributed by atoms with Crippen molar-refractivity contribution in [2.45, 2.75) is 43.0 Å². The summed E-state index contributed by atoms with van der Waals surface area (Å²) in [5, 5.41) is 39.7. The number of hydrogen-bond donors (Lipinski definition) is 4. The minimum absolute atomic E-state index is 0.136. The van der Waals surface area contributed by atoms with Crippen LogP contribution in [0, 0.1) is 0 Å². The fourth-order valence-electron chi connectivity index (χ4n) is 2.39. The van der Waals surface area contributed by atoms with Crippen LogP contribution in [-0.4, -0.2) is 82.3 Å². The maximum Gasteiger partial charge on any atom is 0.114 e. The fraction of sp³-hybridized carbons (Fsp3) is 1.00. The minimum atomic E-state index is -1.32. The molecule has 17 heavy (non-hydrogen) atoms. The van der Waals surface area contributed by atoms with Crippen molar-refractivity contribution in [1.29, 1.82) is 0 Å². The molecule has 0 saturated carbocycles. The van der Waals surface area contributed by atoms with Gasteiger partial charge in [0.2, 0.25) is 0 Å². The van der Waals surface area contributed by atoms with Crippen LogP contribution in [-0.2, 0) is 9.57 Å². The maximum absolute atomic E-state index is 10.1. The van der Waals surface area contributed by atoms with Gasteiger partial charge in [-0.3, -0.25) is 4.84 Å². The Labute approximate surface area is 99.1 Å². The summed E-state index contributed by atoms with van der Waals surface area (Å²) in [7, 11) is 1.71. The number of nitrogens with zero attached hydrogens (tertiary/aromatic N) is 1. The molecule has 0 amide bonds. The summed E-state index contributed by atoms with van der Waals surface area (Å²) < 4.78 is 5.36. The van der Waals surface area contributed by atoms with Gasteiger partial charge in [-0.25, -0.2) is 0 Å². The lowest BCUT2D eigenvalue weighted by molar-refractivity contribution is -0.227. The Morgan fingerprint density at radius 1 is 1.41 bits per heavy atom. The van der Waals surface area contributed by atoms with Crippen molar-refractivity contribution in [3.05, 3.63) is 0 Å². The van der Waals surface area contributed by atoms with E-state index in [-0.39, 0.29) is 18.8 Å². The van der Waals surface area contributed by atoms with E-state index in [0.29, 0.717) is 6.42 Å². The van der Waals surface area contributed by atoms with Gasteiger partial charge in [0, 0.05) is 7.05 Å². The van der Waals surface area contributed by atoms with Crippen molar-refractivity contribution in [2.24, 2.45) is 0 Å². The third-order valence-corrected chi connectivity index (χ3v) is 3.41. The van der Waals surface area contributed by atoms with Gasteiger partial charge in [-0.2, -0.15) is 5.06 Å². The van der Waals surface area contributed by atoms with Crippen LogP contribution >= 0.6 is 0 Å². The van der Waals surface area contributed by atoms with Crippen molar-refractivity contribution in [3.63, 3.8) is 0 Å². The smallest absolute Gasteiger partial charge is 0.114 e. The summed E-state index contributed by atoms with van der Waals surface area (Å²) in [6, 6.07) is -0.270. The van der Waals surface area contributed by atoms with Crippen LogP contribution in [0.4, 0.5) is 0 Å². The standard InChI is InChI=1S/C10H19NO6/c1-11-6-2-5(17-11)4-16-10(8(6)14)9(15)7(13)3-12/h5-10,12-15H,2-4H2,1H3/t5-,6+,7-,8-,9-,10+/m1/s1. The second kappa shape index (κ2) is 5.15. The molecule has 0 spiro atoms. The summed E-state index contributed by atoms with van der Waals surface area (Å²) in [6.45, 7) is -0.327. The Morgan fingerprint density at radius 2 is 2.12 bits per heavy atom. The molecule has 6 atom stereocenters. The van der Waals surface area contributed by atoms with Crippen LogP contribution in [0.1, 0.15) is 6.42 Å². The summed E-state index contributed by atoms with van der Waals surface area (Å²) in [4.78, 5) is 5.41. The van der Waals surface area contributed by atoms with Crippen LogP contribution in [0.25, 0.3) is 0 Å². The van der Waals surface area contributed by atoms with E-state index in [1.807, 2.05) is 0 Å². The van der Waals surface area contributed by atoms with Crippen LogP contribution in [0.2, 0.25) is 0 Å². The van der Waals surface area contributed by atoms with Gasteiger partial charge < -0.3 is 25.2 Å². The van der Waals surface area contributed by atoms with E-state index >= 15 is 0 Å². The van der Waals surface area contributed by atoms with E-state index in [1.54, 1.807) is 12.1 Å². The number of fused-ring (bicyclic) bond motifs is 2. The van der Waals surface area contributed by atoms with E-state index in [0.717, 1.165) is 0 Å². The van der Waals surface area contributed by atoms with Crippen molar-refractivity contribution < 1.29 is 30.0 Å². The third kappa shape index (κ3) is 2.45. The van der Waals surface area contributed by atoms with Gasteiger partial charge in [-0.15, -0.1) is 0 Å². The maximum atomic E-state index is 10.1. The first-order valence-corrected chi connectivity index (χ1v) is 5.71. The van der Waals surface area contributed by atoms with Crippen molar-refractivity contribution in [1.82, 2.24) is 5.06 Å². The zero-order chi connectivity index (χ0) is 12.6. The molecule has 2 rings (SSSR count). The Morgan fingerprint density at radius 3 is 2.76 bits per heavy atom. The molecule has 7 heteroatoms. The molecule has 0 unspecified atom stereocenters. The zero-order valence-electron chi connectivity index (χ0n) is 9.64. The van der Waals surface area contributed by atoms with E-state index < -0.39 is 31.0 Å². The molecular weight excluding hydrogens is 230 g/mol. The molecule has 4 N–H and O–H groups in total. The summed E-state index contributed by atoms with van der Waals surface area (Å²) in [6.07, 6.45) is -4.04. The molecule has 0 aromatic carbocycles. The van der Waals surface area contributed by atoms with Crippen LogP contribution in [0.5, 0.6) is 0 Å². The Kier molecular flexibility index (Phi) is 3.99. The predicted octanol–water partition coefficient (Wildman–Crippen LogP) is -2.54. The van der Waals surface area contributed by atoms with Crippen LogP contribution < -0.4 is 0 Å². The monoisotopic (exact) mass is 249 g/mol. The number of rotatable bonds is 3.